The molecular weight excluding hydrogens is 307 g/mol. The molecule has 1 aliphatic rings. The molecule has 118 valence electrons. The van der Waals surface area contributed by atoms with Gasteiger partial charge in [-0.15, -0.1) is 8.98 Å². The van der Waals surface area contributed by atoms with Crippen LogP contribution in [0.5, 0.6) is 0 Å². The third-order valence-corrected chi connectivity index (χ3v) is 4.98. The number of aromatic nitrogens is 3. The van der Waals surface area contributed by atoms with Crippen molar-refractivity contribution < 1.29 is 12.3 Å². The van der Waals surface area contributed by atoms with E-state index in [1.54, 1.807) is 4.68 Å². The van der Waals surface area contributed by atoms with E-state index < -0.39 is 10.2 Å². The number of halogens is 1. The van der Waals surface area contributed by atoms with Gasteiger partial charge in [-0.25, -0.2) is 4.68 Å². The molecule has 0 amide bonds. The SMILES string of the molecule is CNC(c1cn(-c2ccc(S(=O)(=O)F)cc2)nn1)C1CCC1. The lowest BCUT2D eigenvalue weighted by Crippen LogP contribution is -2.30. The zero-order valence-electron chi connectivity index (χ0n) is 12.1. The van der Waals surface area contributed by atoms with Crippen molar-refractivity contribution in [2.24, 2.45) is 5.92 Å². The van der Waals surface area contributed by atoms with E-state index in [-0.39, 0.29) is 10.9 Å². The molecule has 1 unspecified atom stereocenters. The van der Waals surface area contributed by atoms with Crippen LogP contribution in [0.25, 0.3) is 5.69 Å². The molecular formula is C14H17FN4O2S. The van der Waals surface area contributed by atoms with Crippen LogP contribution in [-0.4, -0.2) is 30.5 Å². The Labute approximate surface area is 128 Å². The topological polar surface area (TPSA) is 76.9 Å². The molecule has 0 spiro atoms. The minimum atomic E-state index is -4.68. The molecule has 1 aromatic carbocycles. The van der Waals surface area contributed by atoms with Crippen LogP contribution in [0.15, 0.2) is 35.4 Å². The third-order valence-electron chi connectivity index (χ3n) is 4.14. The average molecular weight is 324 g/mol. The van der Waals surface area contributed by atoms with Crippen molar-refractivity contribution in [2.75, 3.05) is 7.05 Å². The number of hydrogen-bond acceptors (Lipinski definition) is 5. The maximum atomic E-state index is 12.9. The van der Waals surface area contributed by atoms with Gasteiger partial charge in [0.25, 0.3) is 0 Å². The Balaban J connectivity index is 1.84. The van der Waals surface area contributed by atoms with Gasteiger partial charge in [-0.3, -0.25) is 0 Å². The minimum Gasteiger partial charge on any atom is -0.311 e. The van der Waals surface area contributed by atoms with Crippen molar-refractivity contribution in [3.63, 3.8) is 0 Å². The maximum Gasteiger partial charge on any atom is 0.332 e. The largest absolute Gasteiger partial charge is 0.332 e. The van der Waals surface area contributed by atoms with Crippen molar-refractivity contribution in [3.05, 3.63) is 36.2 Å². The van der Waals surface area contributed by atoms with Gasteiger partial charge in [0.1, 0.15) is 5.69 Å². The summed E-state index contributed by atoms with van der Waals surface area (Å²) < 4.78 is 36.1. The van der Waals surface area contributed by atoms with Crippen LogP contribution in [0.2, 0.25) is 0 Å². The van der Waals surface area contributed by atoms with Crippen molar-refractivity contribution in [3.8, 4) is 5.69 Å². The van der Waals surface area contributed by atoms with Gasteiger partial charge < -0.3 is 5.32 Å². The molecule has 22 heavy (non-hydrogen) atoms. The van der Waals surface area contributed by atoms with Gasteiger partial charge in [-0.05, 0) is 50.1 Å². The molecule has 0 radical (unpaired) electrons. The smallest absolute Gasteiger partial charge is 0.311 e. The van der Waals surface area contributed by atoms with E-state index in [2.05, 4.69) is 15.6 Å². The van der Waals surface area contributed by atoms with Crippen LogP contribution in [0.1, 0.15) is 31.0 Å². The molecule has 0 bridgehead atoms. The van der Waals surface area contributed by atoms with Crippen molar-refractivity contribution in [2.45, 2.75) is 30.2 Å². The van der Waals surface area contributed by atoms with E-state index in [0.29, 0.717) is 11.6 Å². The van der Waals surface area contributed by atoms with E-state index in [4.69, 9.17) is 0 Å². The third kappa shape index (κ3) is 2.89. The highest BCUT2D eigenvalue weighted by Gasteiger charge is 2.29. The number of nitrogens with zero attached hydrogens (tertiary/aromatic N) is 3. The maximum absolute atomic E-state index is 12.9. The zero-order valence-corrected chi connectivity index (χ0v) is 12.9. The van der Waals surface area contributed by atoms with Gasteiger partial charge >= 0.3 is 10.2 Å². The lowest BCUT2D eigenvalue weighted by molar-refractivity contribution is 0.236. The predicted molar refractivity (Wildman–Crippen MR) is 78.8 cm³/mol. The van der Waals surface area contributed by atoms with Crippen molar-refractivity contribution in [1.29, 1.82) is 0 Å². The lowest BCUT2D eigenvalue weighted by atomic mass is 9.79. The fourth-order valence-corrected chi connectivity index (χ4v) is 3.17. The highest BCUT2D eigenvalue weighted by atomic mass is 32.3. The van der Waals surface area contributed by atoms with Crippen molar-refractivity contribution >= 4 is 10.2 Å². The first-order valence-electron chi connectivity index (χ1n) is 7.13. The monoisotopic (exact) mass is 324 g/mol. The molecule has 1 fully saturated rings. The van der Waals surface area contributed by atoms with Crippen LogP contribution < -0.4 is 5.32 Å². The second-order valence-electron chi connectivity index (χ2n) is 5.48. The lowest BCUT2D eigenvalue weighted by Gasteiger charge is -2.32. The summed E-state index contributed by atoms with van der Waals surface area (Å²) in [6.45, 7) is 0. The molecule has 3 rings (SSSR count). The minimum absolute atomic E-state index is 0.174. The Kier molecular flexibility index (Phi) is 3.96. The summed E-state index contributed by atoms with van der Waals surface area (Å²) in [5, 5.41) is 11.5. The van der Waals surface area contributed by atoms with Gasteiger partial charge in [-0.2, -0.15) is 8.42 Å². The Hall–Kier alpha value is -1.80. The second kappa shape index (κ2) is 5.77. The first-order valence-corrected chi connectivity index (χ1v) is 8.52. The second-order valence-corrected chi connectivity index (χ2v) is 6.82. The molecule has 0 aliphatic heterocycles. The summed E-state index contributed by atoms with van der Waals surface area (Å²) in [5.74, 6) is 0.578. The summed E-state index contributed by atoms with van der Waals surface area (Å²) >= 11 is 0. The Morgan fingerprint density at radius 2 is 2.00 bits per heavy atom. The quantitative estimate of drug-likeness (QED) is 0.851. The standard InChI is InChI=1S/C14H17FN4O2S/c1-16-14(10-3-2-4-10)13-9-19(18-17-13)11-5-7-12(8-6-11)22(15,20)21/h5-10,14,16H,2-4H2,1H3. The van der Waals surface area contributed by atoms with E-state index in [1.807, 2.05) is 13.2 Å². The highest BCUT2D eigenvalue weighted by Crippen LogP contribution is 2.36. The molecule has 0 saturated heterocycles. The number of rotatable bonds is 5. The Morgan fingerprint density at radius 1 is 1.32 bits per heavy atom. The van der Waals surface area contributed by atoms with Gasteiger partial charge in [0.05, 0.1) is 22.8 Å². The fraction of sp³-hybridized carbons (Fsp3) is 0.429. The summed E-state index contributed by atoms with van der Waals surface area (Å²) in [6, 6.07) is 5.61. The molecule has 1 saturated carbocycles. The number of hydrogen-bond donors (Lipinski definition) is 1. The van der Waals surface area contributed by atoms with Crippen LogP contribution >= 0.6 is 0 Å². The van der Waals surface area contributed by atoms with E-state index in [9.17, 15) is 12.3 Å². The predicted octanol–water partition coefficient (Wildman–Crippen LogP) is 1.99. The van der Waals surface area contributed by atoms with Gasteiger partial charge in [0.2, 0.25) is 0 Å². The average Bonchev–Trinajstić information content (AvgIpc) is 2.91. The molecule has 2 aromatic rings. The zero-order chi connectivity index (χ0) is 15.7. The number of benzene rings is 1. The molecule has 1 heterocycles. The van der Waals surface area contributed by atoms with Crippen LogP contribution in [-0.2, 0) is 10.2 Å². The highest BCUT2D eigenvalue weighted by molar-refractivity contribution is 7.86. The normalized spacial score (nSPS) is 17.2. The molecule has 1 atom stereocenters. The summed E-state index contributed by atoms with van der Waals surface area (Å²) in [6.07, 6.45) is 5.43. The number of nitrogens with one attached hydrogen (secondary N) is 1. The first kappa shape index (κ1) is 15.1. The van der Waals surface area contributed by atoms with E-state index >= 15 is 0 Å². The van der Waals surface area contributed by atoms with Crippen LogP contribution in [0.3, 0.4) is 0 Å². The summed E-state index contributed by atoms with van der Waals surface area (Å²) in [5.41, 5.74) is 1.49. The molecule has 8 heteroatoms. The molecule has 1 N–H and O–H groups in total. The van der Waals surface area contributed by atoms with E-state index in [0.717, 1.165) is 5.69 Å². The Morgan fingerprint density at radius 3 is 2.50 bits per heavy atom. The molecule has 1 aliphatic carbocycles. The summed E-state index contributed by atoms with van der Waals surface area (Å²) in [7, 11) is -2.77. The van der Waals surface area contributed by atoms with Crippen LogP contribution in [0.4, 0.5) is 3.89 Å². The van der Waals surface area contributed by atoms with Gasteiger partial charge in [0.15, 0.2) is 0 Å². The van der Waals surface area contributed by atoms with E-state index in [1.165, 1.54) is 43.5 Å². The van der Waals surface area contributed by atoms with Gasteiger partial charge in [-0.1, -0.05) is 11.6 Å². The van der Waals surface area contributed by atoms with Gasteiger partial charge in [0, 0.05) is 0 Å². The molecule has 1 aromatic heterocycles. The van der Waals surface area contributed by atoms with Crippen LogP contribution in [0, 0.1) is 5.92 Å². The van der Waals surface area contributed by atoms with Crippen molar-refractivity contribution in [1.82, 2.24) is 20.3 Å². The summed E-state index contributed by atoms with van der Waals surface area (Å²) in [4.78, 5) is -0.362. The first-order chi connectivity index (χ1) is 10.5. The Bertz CT molecular complexity index is 753. The molecule has 6 nitrogen and oxygen atoms in total. The fourth-order valence-electron chi connectivity index (χ4n) is 2.71.